The molecule has 1 aromatic carbocycles. The van der Waals surface area contributed by atoms with E-state index >= 15 is 0 Å². The molecule has 2 unspecified atom stereocenters. The van der Waals surface area contributed by atoms with E-state index in [2.05, 4.69) is 29.1 Å². The fraction of sp³-hybridized carbons (Fsp3) is 0.333. The Labute approximate surface area is 117 Å². The van der Waals surface area contributed by atoms with Crippen LogP contribution in [-0.4, -0.2) is 19.3 Å². The van der Waals surface area contributed by atoms with Crippen molar-refractivity contribution in [2.75, 3.05) is 13.2 Å². The zero-order valence-corrected chi connectivity index (χ0v) is 11.7. The van der Waals surface area contributed by atoms with E-state index < -0.39 is 0 Å². The molecule has 1 N–H and O–H groups in total. The van der Waals surface area contributed by atoms with Crippen LogP contribution in [0.25, 0.3) is 0 Å². The van der Waals surface area contributed by atoms with Crippen LogP contribution < -0.4 is 14.8 Å². The number of nitrogens with one attached hydrogen (secondary N) is 1. The summed E-state index contributed by atoms with van der Waals surface area (Å²) < 4.78 is 11.6. The predicted octanol–water partition coefficient (Wildman–Crippen LogP) is 3.24. The third-order valence-corrected chi connectivity index (χ3v) is 3.96. The summed E-state index contributed by atoms with van der Waals surface area (Å²) in [4.78, 5) is 0. The van der Waals surface area contributed by atoms with Crippen LogP contribution in [0, 0.1) is 0 Å². The van der Waals surface area contributed by atoms with Crippen LogP contribution in [0.15, 0.2) is 41.1 Å². The third-order valence-electron chi connectivity index (χ3n) is 3.26. The second-order valence-corrected chi connectivity index (χ2v) is 5.46. The number of rotatable bonds is 4. The Balaban J connectivity index is 1.55. The van der Waals surface area contributed by atoms with Gasteiger partial charge < -0.3 is 14.8 Å². The van der Waals surface area contributed by atoms with Crippen LogP contribution in [0.2, 0.25) is 0 Å². The maximum absolute atomic E-state index is 5.91. The third kappa shape index (κ3) is 2.91. The monoisotopic (exact) mass is 275 g/mol. The number of hydrogen-bond donors (Lipinski definition) is 1. The smallest absolute Gasteiger partial charge is 0.161 e. The molecule has 19 heavy (non-hydrogen) atoms. The van der Waals surface area contributed by atoms with Gasteiger partial charge >= 0.3 is 0 Å². The first-order valence-corrected chi connectivity index (χ1v) is 7.41. The van der Waals surface area contributed by atoms with E-state index in [0.717, 1.165) is 18.0 Å². The molecule has 0 saturated heterocycles. The van der Waals surface area contributed by atoms with Gasteiger partial charge in [0.05, 0.1) is 0 Å². The molecule has 3 rings (SSSR count). The van der Waals surface area contributed by atoms with Crippen LogP contribution >= 0.6 is 11.3 Å². The van der Waals surface area contributed by atoms with E-state index in [1.54, 1.807) is 11.3 Å². The molecule has 4 heteroatoms. The maximum atomic E-state index is 5.91. The van der Waals surface area contributed by atoms with Gasteiger partial charge in [-0.3, -0.25) is 0 Å². The fourth-order valence-corrected chi connectivity index (χ4v) is 2.87. The largest absolute Gasteiger partial charge is 0.486 e. The number of thiophene rings is 1. The number of fused-ring (bicyclic) bond motifs is 1. The van der Waals surface area contributed by atoms with E-state index in [9.17, 15) is 0 Å². The number of para-hydroxylation sites is 2. The van der Waals surface area contributed by atoms with E-state index in [1.807, 2.05) is 24.3 Å². The lowest BCUT2D eigenvalue weighted by Gasteiger charge is -2.27. The van der Waals surface area contributed by atoms with Crippen LogP contribution in [0.4, 0.5) is 0 Å². The Morgan fingerprint density at radius 2 is 2.16 bits per heavy atom. The molecule has 3 nitrogen and oxygen atoms in total. The van der Waals surface area contributed by atoms with Crippen molar-refractivity contribution in [3.8, 4) is 11.5 Å². The minimum atomic E-state index is 0.0657. The first-order chi connectivity index (χ1) is 9.33. The Hall–Kier alpha value is -1.52. The average Bonchev–Trinajstić information content (AvgIpc) is 2.99. The normalized spacial score (nSPS) is 19.1. The Bertz CT molecular complexity index is 527. The van der Waals surface area contributed by atoms with Crippen LogP contribution in [0.3, 0.4) is 0 Å². The first-order valence-electron chi connectivity index (χ1n) is 6.47. The number of ether oxygens (including phenoxy) is 2. The van der Waals surface area contributed by atoms with Crippen LogP contribution in [-0.2, 0) is 0 Å². The van der Waals surface area contributed by atoms with Gasteiger partial charge in [-0.15, -0.1) is 0 Å². The van der Waals surface area contributed by atoms with Crippen molar-refractivity contribution in [2.24, 2.45) is 0 Å². The van der Waals surface area contributed by atoms with Gasteiger partial charge in [-0.1, -0.05) is 12.1 Å². The van der Waals surface area contributed by atoms with E-state index in [1.165, 1.54) is 5.56 Å². The molecule has 0 bridgehead atoms. The summed E-state index contributed by atoms with van der Waals surface area (Å²) in [6, 6.07) is 10.3. The van der Waals surface area contributed by atoms with Crippen molar-refractivity contribution in [1.29, 1.82) is 0 Å². The molecule has 2 heterocycles. The maximum Gasteiger partial charge on any atom is 0.161 e. The quantitative estimate of drug-likeness (QED) is 0.929. The van der Waals surface area contributed by atoms with Gasteiger partial charge in [-0.05, 0) is 41.4 Å². The van der Waals surface area contributed by atoms with Crippen LogP contribution in [0.5, 0.6) is 11.5 Å². The Kier molecular flexibility index (Phi) is 3.71. The topological polar surface area (TPSA) is 30.5 Å². The lowest BCUT2D eigenvalue weighted by atomic mass is 10.2. The summed E-state index contributed by atoms with van der Waals surface area (Å²) >= 11 is 1.72. The molecule has 2 aromatic rings. The van der Waals surface area contributed by atoms with Crippen molar-refractivity contribution >= 4 is 11.3 Å². The molecule has 0 saturated carbocycles. The summed E-state index contributed by atoms with van der Waals surface area (Å²) in [5, 5.41) is 7.76. The highest BCUT2D eigenvalue weighted by molar-refractivity contribution is 7.07. The van der Waals surface area contributed by atoms with Crippen molar-refractivity contribution < 1.29 is 9.47 Å². The van der Waals surface area contributed by atoms with Gasteiger partial charge in [0.2, 0.25) is 0 Å². The van der Waals surface area contributed by atoms with Crippen molar-refractivity contribution in [1.82, 2.24) is 5.32 Å². The summed E-state index contributed by atoms with van der Waals surface area (Å²) in [7, 11) is 0. The molecular formula is C15H17NO2S. The lowest BCUT2D eigenvalue weighted by molar-refractivity contribution is 0.0886. The Morgan fingerprint density at radius 3 is 2.95 bits per heavy atom. The zero-order valence-electron chi connectivity index (χ0n) is 10.8. The Morgan fingerprint density at radius 1 is 1.32 bits per heavy atom. The molecule has 2 atom stereocenters. The van der Waals surface area contributed by atoms with E-state index in [-0.39, 0.29) is 6.10 Å². The summed E-state index contributed by atoms with van der Waals surface area (Å²) in [6.07, 6.45) is 0.0657. The summed E-state index contributed by atoms with van der Waals surface area (Å²) in [5.41, 5.74) is 1.32. The van der Waals surface area contributed by atoms with Gasteiger partial charge in [0.1, 0.15) is 12.7 Å². The minimum Gasteiger partial charge on any atom is -0.486 e. The molecule has 1 aliphatic rings. The highest BCUT2D eigenvalue weighted by atomic mass is 32.1. The molecule has 0 fully saturated rings. The van der Waals surface area contributed by atoms with E-state index in [4.69, 9.17) is 9.47 Å². The molecule has 1 aromatic heterocycles. The second kappa shape index (κ2) is 5.63. The molecular weight excluding hydrogens is 258 g/mol. The average molecular weight is 275 g/mol. The number of hydrogen-bond acceptors (Lipinski definition) is 4. The van der Waals surface area contributed by atoms with Crippen LogP contribution in [0.1, 0.15) is 18.5 Å². The van der Waals surface area contributed by atoms with Crippen molar-refractivity contribution in [2.45, 2.75) is 19.1 Å². The molecule has 100 valence electrons. The predicted molar refractivity (Wildman–Crippen MR) is 77.1 cm³/mol. The second-order valence-electron chi connectivity index (χ2n) is 4.68. The summed E-state index contributed by atoms with van der Waals surface area (Å²) in [5.74, 6) is 1.67. The molecule has 0 amide bonds. The highest BCUT2D eigenvalue weighted by Crippen LogP contribution is 2.30. The molecule has 0 radical (unpaired) electrons. The van der Waals surface area contributed by atoms with E-state index in [0.29, 0.717) is 12.6 Å². The molecule has 0 spiro atoms. The SMILES string of the molecule is CC(NCC1COc2ccccc2O1)c1ccsc1. The molecule has 0 aliphatic carbocycles. The molecule has 1 aliphatic heterocycles. The highest BCUT2D eigenvalue weighted by Gasteiger charge is 2.20. The van der Waals surface area contributed by atoms with Gasteiger partial charge in [0.15, 0.2) is 11.5 Å². The van der Waals surface area contributed by atoms with Gasteiger partial charge in [-0.25, -0.2) is 0 Å². The van der Waals surface area contributed by atoms with Gasteiger partial charge in [-0.2, -0.15) is 11.3 Å². The standard InChI is InChI=1S/C15H17NO2S/c1-11(12-6-7-19-10-12)16-8-13-9-17-14-4-2-3-5-15(14)18-13/h2-7,10-11,13,16H,8-9H2,1H3. The fourth-order valence-electron chi connectivity index (χ4n) is 2.11. The van der Waals surface area contributed by atoms with Gasteiger partial charge in [0.25, 0.3) is 0 Å². The zero-order chi connectivity index (χ0) is 13.1. The van der Waals surface area contributed by atoms with Gasteiger partial charge in [0, 0.05) is 12.6 Å². The first kappa shape index (κ1) is 12.5. The van der Waals surface area contributed by atoms with Crippen molar-refractivity contribution in [3.63, 3.8) is 0 Å². The number of benzene rings is 1. The minimum absolute atomic E-state index is 0.0657. The van der Waals surface area contributed by atoms with Crippen molar-refractivity contribution in [3.05, 3.63) is 46.7 Å². The summed E-state index contributed by atoms with van der Waals surface area (Å²) in [6.45, 7) is 3.55. The lowest BCUT2D eigenvalue weighted by Crippen LogP contribution is -2.39.